The van der Waals surface area contributed by atoms with Gasteiger partial charge in [0.25, 0.3) is 0 Å². The summed E-state index contributed by atoms with van der Waals surface area (Å²) in [5.74, 6) is 1.32. The Bertz CT molecular complexity index is 708. The molecule has 7 heteroatoms. The van der Waals surface area contributed by atoms with Gasteiger partial charge >= 0.3 is 0 Å². The average molecular weight is 324 g/mol. The van der Waals surface area contributed by atoms with Crippen molar-refractivity contribution in [1.29, 1.82) is 0 Å². The number of hydrogen-bond acceptors (Lipinski definition) is 6. The fraction of sp³-hybridized carbons (Fsp3) is 0.154. The summed E-state index contributed by atoms with van der Waals surface area (Å²) in [7, 11) is 0. The van der Waals surface area contributed by atoms with E-state index in [1.54, 1.807) is 29.4 Å². The Morgan fingerprint density at radius 3 is 2.75 bits per heavy atom. The van der Waals surface area contributed by atoms with Crippen molar-refractivity contribution >= 4 is 34.7 Å². The summed E-state index contributed by atoms with van der Waals surface area (Å²) in [4.78, 5) is 4.46. The minimum Gasteiger partial charge on any atom is -0.444 e. The first-order valence-electron chi connectivity index (χ1n) is 5.84. The van der Waals surface area contributed by atoms with Gasteiger partial charge in [0.05, 0.1) is 5.69 Å². The number of nitrogens with zero attached hydrogens (tertiary/aromatic N) is 3. The largest absolute Gasteiger partial charge is 0.444 e. The van der Waals surface area contributed by atoms with Crippen LogP contribution in [0.5, 0.6) is 0 Å². The molecule has 102 valence electrons. The van der Waals surface area contributed by atoms with Gasteiger partial charge in [-0.1, -0.05) is 34.7 Å². The molecule has 0 saturated heterocycles. The molecule has 2 aromatic heterocycles. The van der Waals surface area contributed by atoms with Crippen molar-refractivity contribution < 1.29 is 4.42 Å². The van der Waals surface area contributed by atoms with Crippen LogP contribution in [0.25, 0.3) is 11.5 Å². The highest BCUT2D eigenvalue weighted by atomic mass is 35.5. The molecule has 0 unspecified atom stereocenters. The first-order chi connectivity index (χ1) is 9.70. The van der Waals surface area contributed by atoms with E-state index in [9.17, 15) is 0 Å². The molecule has 0 aliphatic heterocycles. The topological polar surface area (TPSA) is 51.8 Å². The summed E-state index contributed by atoms with van der Waals surface area (Å²) < 4.78 is 6.43. The maximum atomic E-state index is 5.86. The summed E-state index contributed by atoms with van der Waals surface area (Å²) >= 11 is 9.04. The number of thioether (sulfide) groups is 1. The van der Waals surface area contributed by atoms with Gasteiger partial charge in [-0.25, -0.2) is 4.98 Å². The van der Waals surface area contributed by atoms with Crippen LogP contribution in [0.4, 0.5) is 0 Å². The van der Waals surface area contributed by atoms with Gasteiger partial charge in [0.1, 0.15) is 11.3 Å². The van der Waals surface area contributed by atoms with Crippen molar-refractivity contribution in [1.82, 2.24) is 15.2 Å². The van der Waals surface area contributed by atoms with Crippen LogP contribution in [-0.2, 0) is 5.75 Å². The van der Waals surface area contributed by atoms with E-state index in [4.69, 9.17) is 16.0 Å². The molecule has 0 fully saturated rings. The number of hydrogen-bond donors (Lipinski definition) is 0. The maximum Gasteiger partial charge on any atom is 0.226 e. The minimum atomic E-state index is 0.603. The molecule has 0 bridgehead atoms. The summed E-state index contributed by atoms with van der Waals surface area (Å²) in [6.45, 7) is 1.94. The Balaban J connectivity index is 1.69. The number of aryl methyl sites for hydroxylation is 1. The van der Waals surface area contributed by atoms with E-state index < -0.39 is 0 Å². The summed E-state index contributed by atoms with van der Waals surface area (Å²) in [6, 6.07) is 7.41. The smallest absolute Gasteiger partial charge is 0.226 e. The van der Waals surface area contributed by atoms with Gasteiger partial charge in [-0.3, -0.25) is 0 Å². The van der Waals surface area contributed by atoms with Crippen LogP contribution in [0.3, 0.4) is 0 Å². The molecular formula is C13H10ClN3OS2. The fourth-order valence-electron chi connectivity index (χ4n) is 1.57. The van der Waals surface area contributed by atoms with Crippen molar-refractivity contribution in [3.8, 4) is 11.5 Å². The summed E-state index contributed by atoms with van der Waals surface area (Å²) in [5, 5.41) is 9.71. The quantitative estimate of drug-likeness (QED) is 0.664. The van der Waals surface area contributed by atoms with E-state index in [1.165, 1.54) is 0 Å². The van der Waals surface area contributed by atoms with E-state index in [0.717, 1.165) is 20.6 Å². The zero-order chi connectivity index (χ0) is 13.9. The molecule has 0 amide bonds. The number of benzene rings is 1. The lowest BCUT2D eigenvalue weighted by Gasteiger charge is -1.94. The zero-order valence-electron chi connectivity index (χ0n) is 10.5. The normalized spacial score (nSPS) is 10.9. The van der Waals surface area contributed by atoms with E-state index in [2.05, 4.69) is 15.2 Å². The van der Waals surface area contributed by atoms with Crippen LogP contribution < -0.4 is 0 Å². The molecule has 20 heavy (non-hydrogen) atoms. The molecule has 2 heterocycles. The summed E-state index contributed by atoms with van der Waals surface area (Å²) in [6.07, 6.45) is 1.67. The third-order valence-electron chi connectivity index (χ3n) is 2.49. The minimum absolute atomic E-state index is 0.603. The van der Waals surface area contributed by atoms with Crippen LogP contribution in [-0.4, -0.2) is 15.2 Å². The fourth-order valence-corrected chi connectivity index (χ4v) is 3.39. The molecule has 0 saturated carbocycles. The monoisotopic (exact) mass is 323 g/mol. The maximum absolute atomic E-state index is 5.86. The molecule has 0 aliphatic rings. The Hall–Kier alpha value is -1.37. The second kappa shape index (κ2) is 5.95. The second-order valence-corrected chi connectivity index (χ2v) is 6.87. The molecule has 0 atom stereocenters. The highest BCUT2D eigenvalue weighted by molar-refractivity contribution is 8.00. The van der Waals surface area contributed by atoms with Crippen LogP contribution in [0.15, 0.2) is 39.3 Å². The first kappa shape index (κ1) is 13.6. The predicted molar refractivity (Wildman–Crippen MR) is 81.2 cm³/mol. The van der Waals surface area contributed by atoms with E-state index >= 15 is 0 Å². The molecular weight excluding hydrogens is 314 g/mol. The van der Waals surface area contributed by atoms with Gasteiger partial charge in [0.2, 0.25) is 5.89 Å². The Labute approximate surface area is 129 Å². The molecule has 0 N–H and O–H groups in total. The Kier molecular flexibility index (Phi) is 4.05. The molecule has 3 aromatic rings. The van der Waals surface area contributed by atoms with Gasteiger partial charge < -0.3 is 4.42 Å². The molecule has 0 spiro atoms. The zero-order valence-corrected chi connectivity index (χ0v) is 12.9. The van der Waals surface area contributed by atoms with Crippen LogP contribution in [0.2, 0.25) is 5.02 Å². The van der Waals surface area contributed by atoms with E-state index in [0.29, 0.717) is 16.7 Å². The molecule has 0 radical (unpaired) electrons. The third-order valence-corrected chi connectivity index (χ3v) is 4.75. The van der Waals surface area contributed by atoms with Gasteiger partial charge in [0.15, 0.2) is 4.34 Å². The number of halogens is 1. The molecule has 4 nitrogen and oxygen atoms in total. The predicted octanol–water partition coefficient (Wildman–Crippen LogP) is 4.45. The third kappa shape index (κ3) is 3.20. The van der Waals surface area contributed by atoms with Crippen LogP contribution in [0, 0.1) is 6.92 Å². The van der Waals surface area contributed by atoms with Crippen molar-refractivity contribution in [3.05, 3.63) is 46.3 Å². The van der Waals surface area contributed by atoms with Crippen molar-refractivity contribution in [2.45, 2.75) is 17.0 Å². The lowest BCUT2D eigenvalue weighted by atomic mass is 10.2. The lowest BCUT2D eigenvalue weighted by Crippen LogP contribution is -1.82. The number of rotatable bonds is 4. The second-order valence-electron chi connectivity index (χ2n) is 4.03. The SMILES string of the molecule is Cc1nnc(SCc2coc(-c3ccc(Cl)cc3)n2)s1. The lowest BCUT2D eigenvalue weighted by molar-refractivity contribution is 0.573. The van der Waals surface area contributed by atoms with Crippen molar-refractivity contribution in [2.24, 2.45) is 0 Å². The number of aromatic nitrogens is 3. The van der Waals surface area contributed by atoms with Gasteiger partial charge in [-0.05, 0) is 31.2 Å². The first-order valence-corrected chi connectivity index (χ1v) is 8.02. The van der Waals surface area contributed by atoms with Crippen LogP contribution in [0.1, 0.15) is 10.7 Å². The van der Waals surface area contributed by atoms with Gasteiger partial charge in [-0.15, -0.1) is 10.2 Å². The Morgan fingerprint density at radius 2 is 2.05 bits per heavy atom. The highest BCUT2D eigenvalue weighted by Crippen LogP contribution is 2.27. The Morgan fingerprint density at radius 1 is 1.25 bits per heavy atom. The van der Waals surface area contributed by atoms with Crippen molar-refractivity contribution in [2.75, 3.05) is 0 Å². The van der Waals surface area contributed by atoms with Gasteiger partial charge in [0, 0.05) is 16.3 Å². The average Bonchev–Trinajstić information content (AvgIpc) is 3.06. The molecule has 3 rings (SSSR count). The van der Waals surface area contributed by atoms with Crippen molar-refractivity contribution in [3.63, 3.8) is 0 Å². The molecule has 0 aliphatic carbocycles. The number of oxazole rings is 1. The van der Waals surface area contributed by atoms with Gasteiger partial charge in [-0.2, -0.15) is 0 Å². The van der Waals surface area contributed by atoms with E-state index in [-0.39, 0.29) is 0 Å². The summed E-state index contributed by atoms with van der Waals surface area (Å²) in [5.41, 5.74) is 1.80. The van der Waals surface area contributed by atoms with E-state index in [1.807, 2.05) is 31.2 Å². The standard InChI is InChI=1S/C13H10ClN3OS2/c1-8-16-17-13(20-8)19-7-11-6-18-12(15-11)9-2-4-10(14)5-3-9/h2-6H,7H2,1H3. The van der Waals surface area contributed by atoms with Crippen LogP contribution >= 0.6 is 34.7 Å². The highest BCUT2D eigenvalue weighted by Gasteiger charge is 2.08. The molecule has 1 aromatic carbocycles.